The summed E-state index contributed by atoms with van der Waals surface area (Å²) < 4.78 is 11.6. The number of hydrogen-bond acceptors (Lipinski definition) is 5. The van der Waals surface area contributed by atoms with Crippen molar-refractivity contribution in [1.82, 2.24) is 9.97 Å². The van der Waals surface area contributed by atoms with Crippen molar-refractivity contribution in [2.45, 2.75) is 63.6 Å². The number of nitrogens with zero attached hydrogens (tertiary/aromatic N) is 2. The average molecular weight is 291 g/mol. The summed E-state index contributed by atoms with van der Waals surface area (Å²) in [5.74, 6) is 3.06. The largest absolute Gasteiger partial charge is 0.474 e. The highest BCUT2D eigenvalue weighted by Gasteiger charge is 2.28. The smallest absolute Gasteiger partial charge is 0.219 e. The Kier molecular flexibility index (Phi) is 4.58. The molecular formula is C16H25N3O2. The monoisotopic (exact) mass is 291 g/mol. The van der Waals surface area contributed by atoms with Gasteiger partial charge in [-0.15, -0.1) is 0 Å². The second-order valence-electron chi connectivity index (χ2n) is 6.02. The number of nitrogens with one attached hydrogen (secondary N) is 1. The van der Waals surface area contributed by atoms with Crippen molar-refractivity contribution in [3.05, 3.63) is 11.9 Å². The third-order valence-electron chi connectivity index (χ3n) is 4.22. The van der Waals surface area contributed by atoms with Gasteiger partial charge in [0.2, 0.25) is 5.88 Å². The average Bonchev–Trinajstić information content (AvgIpc) is 3.32. The van der Waals surface area contributed by atoms with Gasteiger partial charge in [0.15, 0.2) is 0 Å². The van der Waals surface area contributed by atoms with Crippen molar-refractivity contribution in [3.8, 4) is 5.88 Å². The fourth-order valence-electron chi connectivity index (χ4n) is 2.89. The maximum absolute atomic E-state index is 6.12. The van der Waals surface area contributed by atoms with E-state index in [4.69, 9.17) is 9.47 Å². The van der Waals surface area contributed by atoms with Crippen LogP contribution in [0.5, 0.6) is 5.88 Å². The van der Waals surface area contributed by atoms with Crippen molar-refractivity contribution >= 4 is 5.82 Å². The summed E-state index contributed by atoms with van der Waals surface area (Å²) in [6.45, 7) is 2.93. The molecule has 116 valence electrons. The van der Waals surface area contributed by atoms with E-state index in [1.165, 1.54) is 12.8 Å². The standard InChI is InChI=1S/C16H25N3O2/c1-3-17-14-10-15(19-16(18-14)11-7-8-11)21-13-6-4-5-12(9-13)20-2/h10-13H,3-9H2,1-2H3,(H,17,18,19). The van der Waals surface area contributed by atoms with Crippen molar-refractivity contribution in [2.75, 3.05) is 19.0 Å². The van der Waals surface area contributed by atoms with Crippen LogP contribution >= 0.6 is 0 Å². The molecule has 5 nitrogen and oxygen atoms in total. The van der Waals surface area contributed by atoms with E-state index < -0.39 is 0 Å². The Morgan fingerprint density at radius 2 is 2.00 bits per heavy atom. The molecule has 0 bridgehead atoms. The van der Waals surface area contributed by atoms with Crippen LogP contribution in [0, 0.1) is 0 Å². The Morgan fingerprint density at radius 1 is 1.19 bits per heavy atom. The summed E-state index contributed by atoms with van der Waals surface area (Å²) in [5.41, 5.74) is 0. The Labute approximate surface area is 126 Å². The van der Waals surface area contributed by atoms with Gasteiger partial charge in [-0.3, -0.25) is 0 Å². The molecule has 2 saturated carbocycles. The number of aromatic nitrogens is 2. The minimum absolute atomic E-state index is 0.208. The van der Waals surface area contributed by atoms with Gasteiger partial charge in [0.25, 0.3) is 0 Å². The molecular weight excluding hydrogens is 266 g/mol. The number of hydrogen-bond donors (Lipinski definition) is 1. The number of rotatable bonds is 6. The molecule has 2 aliphatic carbocycles. The van der Waals surface area contributed by atoms with Crippen LogP contribution in [0.25, 0.3) is 0 Å². The summed E-state index contributed by atoms with van der Waals surface area (Å²) in [6, 6.07) is 1.92. The lowest BCUT2D eigenvalue weighted by Gasteiger charge is -2.28. The van der Waals surface area contributed by atoms with Gasteiger partial charge in [0.1, 0.15) is 17.7 Å². The van der Waals surface area contributed by atoms with Gasteiger partial charge in [-0.05, 0) is 39.0 Å². The van der Waals surface area contributed by atoms with Gasteiger partial charge in [0.05, 0.1) is 6.10 Å². The summed E-state index contributed by atoms with van der Waals surface area (Å²) >= 11 is 0. The fraction of sp³-hybridized carbons (Fsp3) is 0.750. The summed E-state index contributed by atoms with van der Waals surface area (Å²) in [4.78, 5) is 9.19. The molecule has 1 N–H and O–H groups in total. The van der Waals surface area contributed by atoms with E-state index in [2.05, 4.69) is 22.2 Å². The van der Waals surface area contributed by atoms with E-state index in [-0.39, 0.29) is 6.10 Å². The van der Waals surface area contributed by atoms with Gasteiger partial charge < -0.3 is 14.8 Å². The molecule has 0 aliphatic heterocycles. The Balaban J connectivity index is 1.71. The Hall–Kier alpha value is -1.36. The summed E-state index contributed by atoms with van der Waals surface area (Å²) in [7, 11) is 1.78. The molecule has 2 unspecified atom stereocenters. The molecule has 0 aromatic carbocycles. The molecule has 1 aromatic rings. The van der Waals surface area contributed by atoms with Crippen molar-refractivity contribution in [3.63, 3.8) is 0 Å². The maximum Gasteiger partial charge on any atom is 0.219 e. The van der Waals surface area contributed by atoms with Crippen molar-refractivity contribution in [2.24, 2.45) is 0 Å². The predicted octanol–water partition coefficient (Wildman–Crippen LogP) is 3.12. The summed E-state index contributed by atoms with van der Waals surface area (Å²) in [6.07, 6.45) is 7.25. The molecule has 0 spiro atoms. The van der Waals surface area contributed by atoms with Crippen LogP contribution < -0.4 is 10.1 Å². The van der Waals surface area contributed by atoms with Crippen LogP contribution in [0.2, 0.25) is 0 Å². The Morgan fingerprint density at radius 3 is 2.71 bits per heavy atom. The van der Waals surface area contributed by atoms with E-state index in [1.54, 1.807) is 7.11 Å². The first-order chi connectivity index (χ1) is 10.3. The van der Waals surface area contributed by atoms with Gasteiger partial charge in [-0.1, -0.05) is 0 Å². The third kappa shape index (κ3) is 3.84. The lowest BCUT2D eigenvalue weighted by Crippen LogP contribution is -2.29. The van der Waals surface area contributed by atoms with E-state index in [9.17, 15) is 0 Å². The molecule has 21 heavy (non-hydrogen) atoms. The fourth-order valence-corrected chi connectivity index (χ4v) is 2.89. The van der Waals surface area contributed by atoms with Crippen LogP contribution in [0.3, 0.4) is 0 Å². The molecule has 0 amide bonds. The second-order valence-corrected chi connectivity index (χ2v) is 6.02. The maximum atomic E-state index is 6.12. The van der Waals surface area contributed by atoms with Gasteiger partial charge in [0, 0.05) is 32.1 Å². The molecule has 5 heteroatoms. The molecule has 1 aromatic heterocycles. The first-order valence-electron chi connectivity index (χ1n) is 8.10. The highest BCUT2D eigenvalue weighted by atomic mass is 16.5. The zero-order valence-electron chi connectivity index (χ0n) is 13.0. The second kappa shape index (κ2) is 6.60. The van der Waals surface area contributed by atoms with E-state index in [0.717, 1.165) is 43.9 Å². The SMILES string of the molecule is CCNc1cc(OC2CCCC(OC)C2)nc(C2CC2)n1. The minimum atomic E-state index is 0.208. The van der Waals surface area contributed by atoms with Gasteiger partial charge >= 0.3 is 0 Å². The zero-order chi connectivity index (χ0) is 14.7. The van der Waals surface area contributed by atoms with Crippen LogP contribution in [-0.4, -0.2) is 35.8 Å². The highest BCUT2D eigenvalue weighted by molar-refractivity contribution is 5.39. The highest BCUT2D eigenvalue weighted by Crippen LogP contribution is 2.39. The summed E-state index contributed by atoms with van der Waals surface area (Å²) in [5, 5.41) is 3.27. The normalized spacial score (nSPS) is 25.6. The quantitative estimate of drug-likeness (QED) is 0.872. The van der Waals surface area contributed by atoms with Gasteiger partial charge in [-0.2, -0.15) is 4.98 Å². The van der Waals surface area contributed by atoms with Crippen LogP contribution in [0.4, 0.5) is 5.82 Å². The van der Waals surface area contributed by atoms with Crippen molar-refractivity contribution in [1.29, 1.82) is 0 Å². The first kappa shape index (κ1) is 14.6. The molecule has 3 rings (SSSR count). The van der Waals surface area contributed by atoms with Crippen LogP contribution in [0.15, 0.2) is 6.07 Å². The number of methoxy groups -OCH3 is 1. The zero-order valence-corrected chi connectivity index (χ0v) is 13.0. The molecule has 0 radical (unpaired) electrons. The number of ether oxygens (including phenoxy) is 2. The Bertz CT molecular complexity index is 477. The molecule has 1 heterocycles. The topological polar surface area (TPSA) is 56.3 Å². The predicted molar refractivity (Wildman–Crippen MR) is 81.9 cm³/mol. The molecule has 2 aliphatic rings. The molecule has 2 atom stereocenters. The van der Waals surface area contributed by atoms with Gasteiger partial charge in [-0.25, -0.2) is 4.98 Å². The van der Waals surface area contributed by atoms with E-state index >= 15 is 0 Å². The number of anilines is 1. The molecule has 0 saturated heterocycles. The first-order valence-corrected chi connectivity index (χ1v) is 8.10. The van der Waals surface area contributed by atoms with E-state index in [0.29, 0.717) is 17.9 Å². The molecule has 2 fully saturated rings. The van der Waals surface area contributed by atoms with Crippen LogP contribution in [-0.2, 0) is 4.74 Å². The lowest BCUT2D eigenvalue weighted by atomic mass is 9.95. The third-order valence-corrected chi connectivity index (χ3v) is 4.22. The van der Waals surface area contributed by atoms with Crippen LogP contribution in [0.1, 0.15) is 57.2 Å². The minimum Gasteiger partial charge on any atom is -0.474 e. The van der Waals surface area contributed by atoms with E-state index in [1.807, 2.05) is 6.07 Å². The van der Waals surface area contributed by atoms with Crippen molar-refractivity contribution < 1.29 is 9.47 Å². The lowest BCUT2D eigenvalue weighted by molar-refractivity contribution is 0.0194.